The quantitative estimate of drug-likeness (QED) is 0.769. The molecule has 0 radical (unpaired) electrons. The van der Waals surface area contributed by atoms with Gasteiger partial charge >= 0.3 is 5.69 Å². The van der Waals surface area contributed by atoms with Crippen molar-refractivity contribution >= 4 is 23.2 Å². The van der Waals surface area contributed by atoms with Crippen LogP contribution in [0.4, 0.5) is 4.39 Å². The van der Waals surface area contributed by atoms with Crippen molar-refractivity contribution in [2.24, 2.45) is 0 Å². The zero-order valence-corrected chi connectivity index (χ0v) is 14.2. The monoisotopic (exact) mass is 363 g/mol. The van der Waals surface area contributed by atoms with E-state index in [0.29, 0.717) is 11.2 Å². The van der Waals surface area contributed by atoms with Gasteiger partial charge in [0.15, 0.2) is 5.65 Å². The number of amides is 1. The molecule has 0 aliphatic carbocycles. The summed E-state index contributed by atoms with van der Waals surface area (Å²) in [6.45, 7) is 3.26. The van der Waals surface area contributed by atoms with E-state index in [1.54, 1.807) is 32.0 Å². The van der Waals surface area contributed by atoms with Crippen molar-refractivity contribution in [3.8, 4) is 0 Å². The molecule has 25 heavy (non-hydrogen) atoms. The summed E-state index contributed by atoms with van der Waals surface area (Å²) in [6.07, 6.45) is 1.46. The molecule has 1 aromatic carbocycles. The number of carbonyl (C=O) groups excluding carboxylic acids is 1. The van der Waals surface area contributed by atoms with Crippen molar-refractivity contribution < 1.29 is 9.18 Å². The molecule has 0 spiro atoms. The van der Waals surface area contributed by atoms with E-state index in [4.69, 9.17) is 11.6 Å². The van der Waals surface area contributed by atoms with Crippen molar-refractivity contribution in [3.63, 3.8) is 0 Å². The van der Waals surface area contributed by atoms with Crippen molar-refractivity contribution in [2.75, 3.05) is 0 Å². The van der Waals surface area contributed by atoms with Crippen LogP contribution in [0.3, 0.4) is 0 Å². The van der Waals surface area contributed by atoms with Gasteiger partial charge in [0, 0.05) is 6.20 Å². The maximum absolute atomic E-state index is 13.6. The first-order chi connectivity index (χ1) is 11.9. The normalized spacial score (nSPS) is 13.6. The predicted octanol–water partition coefficient (Wildman–Crippen LogP) is 2.12. The van der Waals surface area contributed by atoms with E-state index in [9.17, 15) is 14.0 Å². The van der Waals surface area contributed by atoms with Gasteiger partial charge in [-0.1, -0.05) is 17.7 Å². The van der Waals surface area contributed by atoms with E-state index in [2.05, 4.69) is 15.5 Å². The molecule has 130 valence electrons. The molecule has 1 amide bonds. The molecule has 0 aliphatic heterocycles. The molecule has 9 heteroatoms. The Morgan fingerprint density at radius 1 is 1.32 bits per heavy atom. The van der Waals surface area contributed by atoms with Gasteiger partial charge in [0.1, 0.15) is 11.9 Å². The minimum Gasteiger partial charge on any atom is -0.348 e. The van der Waals surface area contributed by atoms with Gasteiger partial charge in [0.2, 0.25) is 5.91 Å². The molecule has 0 fully saturated rings. The number of hydrogen-bond donors (Lipinski definition) is 1. The van der Waals surface area contributed by atoms with Gasteiger partial charge in [-0.3, -0.25) is 4.79 Å². The fourth-order valence-corrected chi connectivity index (χ4v) is 2.52. The van der Waals surface area contributed by atoms with Gasteiger partial charge in [-0.2, -0.15) is 14.3 Å². The lowest BCUT2D eigenvalue weighted by molar-refractivity contribution is -0.124. The summed E-state index contributed by atoms with van der Waals surface area (Å²) in [6, 6.07) is 6.27. The highest BCUT2D eigenvalue weighted by Gasteiger charge is 2.22. The molecule has 7 nitrogen and oxygen atoms in total. The molecule has 0 saturated heterocycles. The van der Waals surface area contributed by atoms with Gasteiger partial charge in [0.05, 0.1) is 11.1 Å². The summed E-state index contributed by atoms with van der Waals surface area (Å²) in [5.41, 5.74) is 0.398. The third-order valence-electron chi connectivity index (χ3n) is 3.87. The zero-order valence-electron chi connectivity index (χ0n) is 13.5. The molecular formula is C16H15ClFN5O2. The van der Waals surface area contributed by atoms with E-state index in [0.717, 1.165) is 9.20 Å². The minimum atomic E-state index is -0.853. The lowest BCUT2D eigenvalue weighted by Gasteiger charge is -2.17. The largest absolute Gasteiger partial charge is 0.367 e. The summed E-state index contributed by atoms with van der Waals surface area (Å²) < 4.78 is 15.7. The molecule has 3 rings (SSSR count). The first kappa shape index (κ1) is 17.1. The third kappa shape index (κ3) is 3.25. The molecular weight excluding hydrogens is 349 g/mol. The van der Waals surface area contributed by atoms with Crippen LogP contribution in [-0.4, -0.2) is 25.3 Å². The zero-order chi connectivity index (χ0) is 18.1. The minimum absolute atomic E-state index is 0.0133. The number of benzene rings is 1. The Morgan fingerprint density at radius 3 is 2.76 bits per heavy atom. The Bertz CT molecular complexity index is 1000. The van der Waals surface area contributed by atoms with Crippen molar-refractivity contribution in [1.29, 1.82) is 0 Å². The van der Waals surface area contributed by atoms with E-state index in [1.807, 2.05) is 0 Å². The predicted molar refractivity (Wildman–Crippen MR) is 89.9 cm³/mol. The van der Waals surface area contributed by atoms with E-state index >= 15 is 0 Å². The number of carbonyl (C=O) groups is 1. The SMILES string of the molecule is CC(C(=O)N[C@@H](C)c1ccc(Cl)c(F)c1)n1nc2cccnn2c1=O. The van der Waals surface area contributed by atoms with Gasteiger partial charge in [-0.05, 0) is 43.7 Å². The van der Waals surface area contributed by atoms with Crippen molar-refractivity contribution in [1.82, 2.24) is 24.7 Å². The highest BCUT2D eigenvalue weighted by atomic mass is 35.5. The number of aromatic nitrogens is 4. The van der Waals surface area contributed by atoms with Crippen LogP contribution in [0.5, 0.6) is 0 Å². The number of rotatable bonds is 4. The first-order valence-electron chi connectivity index (χ1n) is 7.56. The number of nitrogens with zero attached hydrogens (tertiary/aromatic N) is 4. The second-order valence-electron chi connectivity index (χ2n) is 5.60. The highest BCUT2D eigenvalue weighted by Crippen LogP contribution is 2.20. The highest BCUT2D eigenvalue weighted by molar-refractivity contribution is 6.30. The van der Waals surface area contributed by atoms with Gasteiger partial charge < -0.3 is 5.32 Å². The summed E-state index contributed by atoms with van der Waals surface area (Å²) in [4.78, 5) is 24.7. The molecule has 1 N–H and O–H groups in total. The van der Waals surface area contributed by atoms with Crippen LogP contribution in [0, 0.1) is 5.82 Å². The van der Waals surface area contributed by atoms with Crippen LogP contribution in [0.1, 0.15) is 31.5 Å². The van der Waals surface area contributed by atoms with Crippen LogP contribution in [0.25, 0.3) is 5.65 Å². The van der Waals surface area contributed by atoms with Crippen molar-refractivity contribution in [3.05, 3.63) is 63.4 Å². The summed E-state index contributed by atoms with van der Waals surface area (Å²) in [5.74, 6) is -0.982. The number of halogens is 2. The van der Waals surface area contributed by atoms with Crippen LogP contribution < -0.4 is 11.0 Å². The Morgan fingerprint density at radius 2 is 2.08 bits per heavy atom. The van der Waals surface area contributed by atoms with Crippen LogP contribution in [0.15, 0.2) is 41.3 Å². The summed E-state index contributed by atoms with van der Waals surface area (Å²) in [5, 5.41) is 10.8. The fourth-order valence-electron chi connectivity index (χ4n) is 2.40. The smallest absolute Gasteiger partial charge is 0.348 e. The average Bonchev–Trinajstić information content (AvgIpc) is 2.93. The summed E-state index contributed by atoms with van der Waals surface area (Å²) in [7, 11) is 0. The van der Waals surface area contributed by atoms with E-state index in [1.165, 1.54) is 18.3 Å². The second-order valence-corrected chi connectivity index (χ2v) is 6.01. The van der Waals surface area contributed by atoms with E-state index in [-0.39, 0.29) is 5.02 Å². The first-order valence-corrected chi connectivity index (χ1v) is 7.94. The lowest BCUT2D eigenvalue weighted by Crippen LogP contribution is -2.37. The second kappa shape index (κ2) is 6.64. The maximum Gasteiger partial charge on any atom is 0.367 e. The van der Waals surface area contributed by atoms with Crippen molar-refractivity contribution in [2.45, 2.75) is 25.9 Å². The topological polar surface area (TPSA) is 81.3 Å². The molecule has 2 aromatic heterocycles. The van der Waals surface area contributed by atoms with Crippen LogP contribution in [-0.2, 0) is 4.79 Å². The molecule has 2 atom stereocenters. The van der Waals surface area contributed by atoms with Gasteiger partial charge in [0.25, 0.3) is 0 Å². The average molecular weight is 364 g/mol. The summed E-state index contributed by atoms with van der Waals surface area (Å²) >= 11 is 5.66. The van der Waals surface area contributed by atoms with Crippen LogP contribution >= 0.6 is 11.6 Å². The molecule has 3 aromatic rings. The maximum atomic E-state index is 13.6. The molecule has 2 heterocycles. The third-order valence-corrected chi connectivity index (χ3v) is 4.17. The molecule has 0 aliphatic rings. The Labute approximate surface area is 147 Å². The Hall–Kier alpha value is -2.74. The molecule has 1 unspecified atom stereocenters. The standard InChI is InChI=1S/C16H15ClFN5O2/c1-9(11-5-6-12(17)13(18)8-11)20-15(24)10(2)22-16(25)23-14(21-22)4-3-7-19-23/h3-10H,1-2H3,(H,20,24)/t9-,10?/m0/s1. The van der Waals surface area contributed by atoms with Gasteiger partial charge in [-0.15, -0.1) is 5.10 Å². The Kier molecular flexibility index (Phi) is 4.54. The molecule has 0 bridgehead atoms. The van der Waals surface area contributed by atoms with E-state index < -0.39 is 29.5 Å². The Balaban J connectivity index is 1.80. The fraction of sp³-hybridized carbons (Fsp3) is 0.250. The number of nitrogens with one attached hydrogen (secondary N) is 1. The van der Waals surface area contributed by atoms with Crippen LogP contribution in [0.2, 0.25) is 5.02 Å². The lowest BCUT2D eigenvalue weighted by atomic mass is 10.1. The number of fused-ring (bicyclic) bond motifs is 1. The number of hydrogen-bond acceptors (Lipinski definition) is 4. The molecule has 0 saturated carbocycles. The van der Waals surface area contributed by atoms with Gasteiger partial charge in [-0.25, -0.2) is 9.18 Å².